The molecule has 3 aromatic heterocycles. The second-order valence-corrected chi connectivity index (χ2v) is 9.31. The average Bonchev–Trinajstić information content (AvgIpc) is 3.22. The highest BCUT2D eigenvalue weighted by Gasteiger charge is 2.45. The molecule has 31 heavy (non-hydrogen) atoms. The lowest BCUT2D eigenvalue weighted by molar-refractivity contribution is 0.0931. The molecule has 2 unspecified atom stereocenters. The van der Waals surface area contributed by atoms with Gasteiger partial charge in [-0.05, 0) is 55.2 Å². The molecule has 0 aromatic carbocycles. The number of hydrogen-bond acceptors (Lipinski definition) is 5. The van der Waals surface area contributed by atoms with Gasteiger partial charge in [0, 0.05) is 38.2 Å². The Kier molecular flexibility index (Phi) is 4.16. The minimum absolute atomic E-state index is 0.0375. The predicted octanol–water partition coefficient (Wildman–Crippen LogP) is 2.24. The first-order chi connectivity index (χ1) is 15.0. The second-order valence-electron chi connectivity index (χ2n) is 9.31. The first-order valence-electron chi connectivity index (χ1n) is 11.1. The van der Waals surface area contributed by atoms with Crippen molar-refractivity contribution in [3.63, 3.8) is 0 Å². The highest BCUT2D eigenvalue weighted by Crippen LogP contribution is 2.46. The van der Waals surface area contributed by atoms with E-state index in [1.165, 1.54) is 17.7 Å². The van der Waals surface area contributed by atoms with Crippen LogP contribution in [-0.2, 0) is 20.0 Å². The van der Waals surface area contributed by atoms with Crippen molar-refractivity contribution in [2.75, 3.05) is 18.0 Å². The smallest absolute Gasteiger partial charge is 0.272 e. The van der Waals surface area contributed by atoms with E-state index in [4.69, 9.17) is 4.98 Å². The molecule has 4 heterocycles. The SMILES string of the molecule is Cc1cc(N2CC3CC3C2)ncc1Cn1cnc(C(=O)N[C@@H]2CCc3c2ncn3C)c1. The maximum atomic E-state index is 12.7. The van der Waals surface area contributed by atoms with E-state index >= 15 is 0 Å². The maximum Gasteiger partial charge on any atom is 0.272 e. The van der Waals surface area contributed by atoms with Crippen LogP contribution in [0.2, 0.25) is 0 Å². The molecule has 8 heteroatoms. The zero-order valence-electron chi connectivity index (χ0n) is 18.0. The number of anilines is 1. The highest BCUT2D eigenvalue weighted by molar-refractivity contribution is 5.92. The van der Waals surface area contributed by atoms with Gasteiger partial charge in [-0.15, -0.1) is 0 Å². The van der Waals surface area contributed by atoms with Gasteiger partial charge in [0.1, 0.15) is 11.5 Å². The molecular formula is C23H27N7O. The summed E-state index contributed by atoms with van der Waals surface area (Å²) < 4.78 is 3.98. The third kappa shape index (κ3) is 3.30. The van der Waals surface area contributed by atoms with Crippen molar-refractivity contribution >= 4 is 11.7 Å². The van der Waals surface area contributed by atoms with Crippen molar-refractivity contribution in [2.45, 2.75) is 38.8 Å². The number of fused-ring (bicyclic) bond motifs is 2. The summed E-state index contributed by atoms with van der Waals surface area (Å²) in [7, 11) is 1.99. The van der Waals surface area contributed by atoms with E-state index < -0.39 is 0 Å². The van der Waals surface area contributed by atoms with Gasteiger partial charge in [0.05, 0.1) is 30.9 Å². The van der Waals surface area contributed by atoms with Crippen molar-refractivity contribution in [3.05, 3.63) is 59.3 Å². The first kappa shape index (κ1) is 18.6. The van der Waals surface area contributed by atoms with Gasteiger partial charge in [-0.3, -0.25) is 4.79 Å². The van der Waals surface area contributed by atoms with Crippen LogP contribution in [-0.4, -0.2) is 43.1 Å². The molecule has 6 rings (SSSR count). The van der Waals surface area contributed by atoms with E-state index in [0.29, 0.717) is 12.2 Å². The van der Waals surface area contributed by atoms with E-state index in [-0.39, 0.29) is 11.9 Å². The lowest BCUT2D eigenvalue weighted by Gasteiger charge is -2.20. The van der Waals surface area contributed by atoms with Crippen LogP contribution in [0.25, 0.3) is 0 Å². The van der Waals surface area contributed by atoms with E-state index in [0.717, 1.165) is 54.8 Å². The largest absolute Gasteiger partial charge is 0.356 e. The molecule has 1 saturated carbocycles. The van der Waals surface area contributed by atoms with Crippen LogP contribution >= 0.6 is 0 Å². The van der Waals surface area contributed by atoms with Crippen LogP contribution in [0, 0.1) is 18.8 Å². The summed E-state index contributed by atoms with van der Waals surface area (Å²) in [6.45, 7) is 5.08. The van der Waals surface area contributed by atoms with Crippen molar-refractivity contribution in [2.24, 2.45) is 18.9 Å². The zero-order valence-corrected chi connectivity index (χ0v) is 18.0. The number of carbonyl (C=O) groups excluding carboxylic acids is 1. The summed E-state index contributed by atoms with van der Waals surface area (Å²) in [6.07, 6.45) is 10.5. The Labute approximate surface area is 181 Å². The number of nitrogens with zero attached hydrogens (tertiary/aromatic N) is 6. The first-order valence-corrected chi connectivity index (χ1v) is 11.1. The van der Waals surface area contributed by atoms with E-state index in [1.807, 2.05) is 34.9 Å². The standard InChI is InChI=1S/C23H27N7O/c1-14-5-21(30-9-15-6-16(15)10-30)24-7-17(14)8-29-11-19(25-13-29)23(31)27-18-3-4-20-22(18)26-12-28(20)2/h5,7,11-13,15-16,18H,3-4,6,8-10H2,1-2H3,(H,27,31)/t15?,16?,18-/m1/s1. The monoisotopic (exact) mass is 417 g/mol. The summed E-state index contributed by atoms with van der Waals surface area (Å²) in [5, 5.41) is 3.09. The number of amides is 1. The molecule has 8 nitrogen and oxygen atoms in total. The van der Waals surface area contributed by atoms with Crippen molar-refractivity contribution in [1.82, 2.24) is 29.4 Å². The number of carbonyl (C=O) groups is 1. The molecule has 0 spiro atoms. The second kappa shape index (κ2) is 6.93. The normalized spacial score (nSPS) is 23.7. The Morgan fingerprint density at radius 2 is 2.03 bits per heavy atom. The Bertz CT molecular complexity index is 1150. The Hall–Kier alpha value is -3.16. The van der Waals surface area contributed by atoms with Crippen LogP contribution in [0.15, 0.2) is 31.1 Å². The molecule has 2 fully saturated rings. The molecule has 1 saturated heterocycles. The summed E-state index contributed by atoms with van der Waals surface area (Å²) in [6, 6.07) is 2.15. The number of aryl methyl sites for hydroxylation is 2. The summed E-state index contributed by atoms with van der Waals surface area (Å²) in [4.78, 5) is 28.6. The van der Waals surface area contributed by atoms with Gasteiger partial charge in [-0.1, -0.05) is 0 Å². The fourth-order valence-corrected chi connectivity index (χ4v) is 5.11. The number of rotatable bonds is 5. The molecule has 2 aliphatic carbocycles. The van der Waals surface area contributed by atoms with Crippen molar-refractivity contribution in [3.8, 4) is 0 Å². The molecule has 160 valence electrons. The number of imidazole rings is 2. The van der Waals surface area contributed by atoms with Gasteiger partial charge in [-0.25, -0.2) is 15.0 Å². The fourth-order valence-electron chi connectivity index (χ4n) is 5.11. The Morgan fingerprint density at radius 1 is 1.19 bits per heavy atom. The minimum Gasteiger partial charge on any atom is -0.356 e. The van der Waals surface area contributed by atoms with Gasteiger partial charge in [-0.2, -0.15) is 0 Å². The lowest BCUT2D eigenvalue weighted by atomic mass is 10.1. The molecule has 1 aliphatic heterocycles. The lowest BCUT2D eigenvalue weighted by Crippen LogP contribution is -2.27. The molecular weight excluding hydrogens is 390 g/mol. The van der Waals surface area contributed by atoms with Gasteiger partial charge >= 0.3 is 0 Å². The molecule has 3 aliphatic rings. The third-order valence-electron chi connectivity index (χ3n) is 7.12. The molecule has 0 radical (unpaired) electrons. The van der Waals surface area contributed by atoms with Gasteiger partial charge in [0.15, 0.2) is 0 Å². The summed E-state index contributed by atoms with van der Waals surface area (Å²) in [5.74, 6) is 2.72. The van der Waals surface area contributed by atoms with Crippen LogP contribution < -0.4 is 10.2 Å². The van der Waals surface area contributed by atoms with Crippen molar-refractivity contribution < 1.29 is 4.79 Å². The van der Waals surface area contributed by atoms with Crippen LogP contribution in [0.3, 0.4) is 0 Å². The highest BCUT2D eigenvalue weighted by atomic mass is 16.2. The minimum atomic E-state index is -0.153. The molecule has 1 amide bonds. The Morgan fingerprint density at radius 3 is 2.84 bits per heavy atom. The fraction of sp³-hybridized carbons (Fsp3) is 0.478. The maximum absolute atomic E-state index is 12.7. The summed E-state index contributed by atoms with van der Waals surface area (Å²) >= 11 is 0. The topological polar surface area (TPSA) is 80.9 Å². The van der Waals surface area contributed by atoms with Gasteiger partial charge in [0.25, 0.3) is 5.91 Å². The Balaban J connectivity index is 1.12. The quantitative estimate of drug-likeness (QED) is 0.689. The molecule has 1 N–H and O–H groups in total. The molecule has 0 bridgehead atoms. The third-order valence-corrected chi connectivity index (χ3v) is 7.12. The number of nitrogens with one attached hydrogen (secondary N) is 1. The molecule has 3 aromatic rings. The zero-order chi connectivity index (χ0) is 21.1. The number of aromatic nitrogens is 5. The predicted molar refractivity (Wildman–Crippen MR) is 116 cm³/mol. The summed E-state index contributed by atoms with van der Waals surface area (Å²) in [5.41, 5.74) is 4.98. The molecule has 3 atom stereocenters. The average molecular weight is 418 g/mol. The van der Waals surface area contributed by atoms with Crippen LogP contribution in [0.5, 0.6) is 0 Å². The van der Waals surface area contributed by atoms with Crippen LogP contribution in [0.4, 0.5) is 5.82 Å². The van der Waals surface area contributed by atoms with Crippen LogP contribution in [0.1, 0.15) is 51.9 Å². The van der Waals surface area contributed by atoms with E-state index in [2.05, 4.69) is 33.2 Å². The van der Waals surface area contributed by atoms with E-state index in [1.54, 1.807) is 6.33 Å². The van der Waals surface area contributed by atoms with E-state index in [9.17, 15) is 4.79 Å². The van der Waals surface area contributed by atoms with Gasteiger partial charge in [0.2, 0.25) is 0 Å². The number of pyridine rings is 1. The number of piperidine rings is 1. The number of hydrogen-bond donors (Lipinski definition) is 1. The van der Waals surface area contributed by atoms with Gasteiger partial charge < -0.3 is 19.4 Å². The van der Waals surface area contributed by atoms with Crippen molar-refractivity contribution in [1.29, 1.82) is 0 Å².